The summed E-state index contributed by atoms with van der Waals surface area (Å²) >= 11 is 5.04. The number of nitrogens with one attached hydrogen (secondary N) is 2. The predicted octanol–water partition coefficient (Wildman–Crippen LogP) is 2.71. The molecule has 2 rings (SSSR count). The number of hydrogen-bond donors (Lipinski definition) is 2. The van der Waals surface area contributed by atoms with Gasteiger partial charge in [0.25, 0.3) is 5.91 Å². The predicted molar refractivity (Wildman–Crippen MR) is 81.1 cm³/mol. The van der Waals surface area contributed by atoms with E-state index in [-0.39, 0.29) is 22.8 Å². The Hall–Kier alpha value is -2.49. The smallest absolute Gasteiger partial charge is 0.422 e. The van der Waals surface area contributed by atoms with E-state index in [2.05, 4.69) is 25.0 Å². The first-order valence-corrected chi connectivity index (χ1v) is 7.14. The second-order valence-corrected chi connectivity index (χ2v) is 5.22. The van der Waals surface area contributed by atoms with Crippen LogP contribution < -0.4 is 10.1 Å². The van der Waals surface area contributed by atoms with Crippen molar-refractivity contribution in [2.75, 3.05) is 6.61 Å². The van der Waals surface area contributed by atoms with Crippen LogP contribution in [0.15, 0.2) is 24.5 Å². The Kier molecular flexibility index (Phi) is 5.50. The molecular weight excluding hydrogens is 345 g/mol. The van der Waals surface area contributed by atoms with Gasteiger partial charge in [0, 0.05) is 17.8 Å². The lowest BCUT2D eigenvalue weighted by Gasteiger charge is -2.10. The zero-order valence-corrected chi connectivity index (χ0v) is 13.3. The van der Waals surface area contributed by atoms with Crippen LogP contribution in [0.25, 0.3) is 0 Å². The van der Waals surface area contributed by atoms with Gasteiger partial charge in [0.15, 0.2) is 12.5 Å². The van der Waals surface area contributed by atoms with E-state index in [0.29, 0.717) is 11.3 Å². The number of carbonyl (C=O) groups excluding carboxylic acids is 1. The standard InChI is InChI=1S/C14H13F3N4O2S/c1-8-4-10(20-7-19-8)12(22)18-5-9-2-3-11(21-13(9)24)23-6-14(15,16)17/h2-4,7H,5-6H2,1H3,(H,18,22)(H,21,24). The second kappa shape index (κ2) is 7.39. The van der Waals surface area contributed by atoms with Crippen LogP contribution in [0, 0.1) is 11.6 Å². The summed E-state index contributed by atoms with van der Waals surface area (Å²) in [6.07, 6.45) is -3.15. The molecule has 24 heavy (non-hydrogen) atoms. The van der Waals surface area contributed by atoms with E-state index in [0.717, 1.165) is 0 Å². The fourth-order valence-electron chi connectivity index (χ4n) is 1.71. The zero-order chi connectivity index (χ0) is 17.7. The van der Waals surface area contributed by atoms with Crippen LogP contribution in [0.4, 0.5) is 13.2 Å². The number of pyridine rings is 1. The van der Waals surface area contributed by atoms with Crippen molar-refractivity contribution >= 4 is 18.1 Å². The minimum atomic E-state index is -4.43. The van der Waals surface area contributed by atoms with Crippen LogP contribution in [-0.4, -0.2) is 33.6 Å². The molecule has 0 aliphatic carbocycles. The van der Waals surface area contributed by atoms with Crippen LogP contribution in [-0.2, 0) is 6.54 Å². The third-order valence-corrected chi connectivity index (χ3v) is 3.20. The Morgan fingerprint density at radius 2 is 2.12 bits per heavy atom. The van der Waals surface area contributed by atoms with Gasteiger partial charge in [-0.15, -0.1) is 0 Å². The Morgan fingerprint density at radius 1 is 1.38 bits per heavy atom. The molecule has 0 radical (unpaired) electrons. The first-order chi connectivity index (χ1) is 11.2. The molecule has 0 unspecified atom stereocenters. The molecule has 2 aromatic heterocycles. The van der Waals surface area contributed by atoms with Crippen molar-refractivity contribution in [3.05, 3.63) is 46.1 Å². The molecule has 0 aromatic carbocycles. The summed E-state index contributed by atoms with van der Waals surface area (Å²) in [7, 11) is 0. The number of alkyl halides is 3. The third kappa shape index (κ3) is 5.30. The molecule has 6 nitrogen and oxygen atoms in total. The van der Waals surface area contributed by atoms with Crippen molar-refractivity contribution in [2.24, 2.45) is 0 Å². The Labute approximate surface area is 140 Å². The third-order valence-electron chi connectivity index (χ3n) is 2.83. The average Bonchev–Trinajstić information content (AvgIpc) is 2.51. The second-order valence-electron chi connectivity index (χ2n) is 4.81. The van der Waals surface area contributed by atoms with Crippen molar-refractivity contribution in [3.63, 3.8) is 0 Å². The number of hydrogen-bond acceptors (Lipinski definition) is 5. The first kappa shape index (κ1) is 17.9. The van der Waals surface area contributed by atoms with E-state index in [4.69, 9.17) is 12.2 Å². The van der Waals surface area contributed by atoms with Gasteiger partial charge in [0.2, 0.25) is 0 Å². The molecule has 2 heterocycles. The summed E-state index contributed by atoms with van der Waals surface area (Å²) in [6.45, 7) is 0.409. The van der Waals surface area contributed by atoms with Gasteiger partial charge in [0.1, 0.15) is 16.7 Å². The van der Waals surface area contributed by atoms with E-state index in [1.807, 2.05) is 0 Å². The number of amides is 1. The molecule has 0 bridgehead atoms. The number of rotatable bonds is 5. The topological polar surface area (TPSA) is 79.9 Å². The lowest BCUT2D eigenvalue weighted by molar-refractivity contribution is -0.154. The molecule has 0 fully saturated rings. The van der Waals surface area contributed by atoms with Crippen molar-refractivity contribution < 1.29 is 22.7 Å². The Morgan fingerprint density at radius 3 is 2.75 bits per heavy atom. The molecule has 0 aliphatic rings. The number of aryl methyl sites for hydroxylation is 1. The highest BCUT2D eigenvalue weighted by Gasteiger charge is 2.28. The summed E-state index contributed by atoms with van der Waals surface area (Å²) in [6, 6.07) is 4.33. The van der Waals surface area contributed by atoms with Gasteiger partial charge in [-0.3, -0.25) is 4.79 Å². The minimum absolute atomic E-state index is 0.0940. The molecule has 128 valence electrons. The number of aromatic amines is 1. The SMILES string of the molecule is Cc1cc(C(=O)NCc2ccc(OCC(F)(F)F)[nH]c2=S)ncn1. The highest BCUT2D eigenvalue weighted by atomic mass is 32.1. The van der Waals surface area contributed by atoms with Gasteiger partial charge in [-0.2, -0.15) is 13.2 Å². The lowest BCUT2D eigenvalue weighted by atomic mass is 10.2. The number of halogens is 3. The van der Waals surface area contributed by atoms with E-state index in [1.165, 1.54) is 24.5 Å². The Bertz CT molecular complexity index is 792. The van der Waals surface area contributed by atoms with E-state index in [1.54, 1.807) is 6.92 Å². The molecule has 10 heteroatoms. The van der Waals surface area contributed by atoms with Gasteiger partial charge >= 0.3 is 6.18 Å². The fraction of sp³-hybridized carbons (Fsp3) is 0.286. The number of aromatic nitrogens is 3. The summed E-state index contributed by atoms with van der Waals surface area (Å²) in [5.74, 6) is -0.508. The van der Waals surface area contributed by atoms with Crippen molar-refractivity contribution in [1.29, 1.82) is 0 Å². The molecular formula is C14H13F3N4O2S. The maximum Gasteiger partial charge on any atom is 0.422 e. The number of ether oxygens (including phenoxy) is 1. The summed E-state index contributed by atoms with van der Waals surface area (Å²) in [5.41, 5.74) is 1.39. The van der Waals surface area contributed by atoms with Crippen molar-refractivity contribution in [2.45, 2.75) is 19.6 Å². The van der Waals surface area contributed by atoms with Crippen LogP contribution in [0.2, 0.25) is 0 Å². The first-order valence-electron chi connectivity index (χ1n) is 6.73. The Balaban J connectivity index is 1.98. The molecule has 1 amide bonds. The van der Waals surface area contributed by atoms with E-state index < -0.39 is 18.7 Å². The van der Waals surface area contributed by atoms with Crippen molar-refractivity contribution in [3.8, 4) is 5.88 Å². The zero-order valence-electron chi connectivity index (χ0n) is 12.5. The van der Waals surface area contributed by atoms with E-state index >= 15 is 0 Å². The number of carbonyl (C=O) groups is 1. The van der Waals surface area contributed by atoms with Crippen LogP contribution in [0.3, 0.4) is 0 Å². The number of H-pyrrole nitrogens is 1. The largest absolute Gasteiger partial charge is 0.469 e. The number of nitrogens with zero attached hydrogens (tertiary/aromatic N) is 2. The molecule has 0 saturated heterocycles. The summed E-state index contributed by atoms with van der Waals surface area (Å²) in [4.78, 5) is 22.2. The van der Waals surface area contributed by atoms with Crippen LogP contribution in [0.5, 0.6) is 5.88 Å². The summed E-state index contributed by atoms with van der Waals surface area (Å²) in [5, 5.41) is 2.62. The molecule has 0 aliphatic heterocycles. The molecule has 2 N–H and O–H groups in total. The van der Waals surface area contributed by atoms with Crippen LogP contribution in [0.1, 0.15) is 21.7 Å². The van der Waals surface area contributed by atoms with Gasteiger partial charge < -0.3 is 15.0 Å². The normalized spacial score (nSPS) is 11.2. The molecule has 0 saturated carbocycles. The fourth-order valence-corrected chi connectivity index (χ4v) is 1.95. The van der Waals surface area contributed by atoms with Crippen molar-refractivity contribution in [1.82, 2.24) is 20.3 Å². The van der Waals surface area contributed by atoms with Crippen LogP contribution >= 0.6 is 12.2 Å². The molecule has 0 atom stereocenters. The maximum absolute atomic E-state index is 12.1. The van der Waals surface area contributed by atoms with Gasteiger partial charge in [-0.05, 0) is 25.1 Å². The molecule has 0 spiro atoms. The minimum Gasteiger partial charge on any atom is -0.469 e. The molecule has 2 aromatic rings. The quantitative estimate of drug-likeness (QED) is 0.804. The highest BCUT2D eigenvalue weighted by molar-refractivity contribution is 7.71. The summed E-state index contributed by atoms with van der Waals surface area (Å²) < 4.78 is 41.0. The maximum atomic E-state index is 12.1. The lowest BCUT2D eigenvalue weighted by Crippen LogP contribution is -2.24. The highest BCUT2D eigenvalue weighted by Crippen LogP contribution is 2.17. The van der Waals surface area contributed by atoms with Gasteiger partial charge in [-0.25, -0.2) is 9.97 Å². The average molecular weight is 358 g/mol. The van der Waals surface area contributed by atoms with E-state index in [9.17, 15) is 18.0 Å². The monoisotopic (exact) mass is 358 g/mol. The van der Waals surface area contributed by atoms with Gasteiger partial charge in [-0.1, -0.05) is 12.2 Å². The van der Waals surface area contributed by atoms with Gasteiger partial charge in [0.05, 0.1) is 0 Å².